The van der Waals surface area contributed by atoms with Crippen LogP contribution in [0.15, 0.2) is 24.3 Å². The van der Waals surface area contributed by atoms with Crippen molar-refractivity contribution in [3.8, 4) is 0 Å². The molecule has 1 rings (SSSR count). The first-order valence-electron chi connectivity index (χ1n) is 5.97. The van der Waals surface area contributed by atoms with E-state index in [1.165, 1.54) is 0 Å². The quantitative estimate of drug-likeness (QED) is 0.594. The number of aliphatic carboxylic acids is 1. The van der Waals surface area contributed by atoms with Gasteiger partial charge in [0.25, 0.3) is 0 Å². The molecule has 1 aromatic carbocycles. The fraction of sp³-hybridized carbons (Fsp3) is 0.385. The molecule has 1 atom stereocenters. The first kappa shape index (κ1) is 15.0. The number of hydrogen-bond donors (Lipinski definition) is 4. The minimum atomic E-state index is -1.58. The lowest BCUT2D eigenvalue weighted by molar-refractivity contribution is -0.146. The number of carbonyl (C=O) groups is 2. The van der Waals surface area contributed by atoms with Crippen molar-refractivity contribution in [2.45, 2.75) is 19.4 Å². The van der Waals surface area contributed by atoms with Crippen molar-refractivity contribution in [3.63, 3.8) is 0 Å². The van der Waals surface area contributed by atoms with Crippen molar-refractivity contribution in [1.82, 2.24) is 10.6 Å². The zero-order chi connectivity index (χ0) is 14.3. The van der Waals surface area contributed by atoms with E-state index in [9.17, 15) is 9.59 Å². The minimum absolute atomic E-state index is 0.314. The number of amides is 2. The topological polar surface area (TPSA) is 98.7 Å². The molecule has 19 heavy (non-hydrogen) atoms. The van der Waals surface area contributed by atoms with E-state index in [-0.39, 0.29) is 6.54 Å². The molecule has 0 fully saturated rings. The van der Waals surface area contributed by atoms with Crippen LogP contribution in [0.2, 0.25) is 0 Å². The number of rotatable bonds is 6. The highest BCUT2D eigenvalue weighted by atomic mass is 16.4. The third-order valence-electron chi connectivity index (χ3n) is 2.52. The molecule has 0 unspecified atom stereocenters. The number of carbonyl (C=O) groups excluding carboxylic acids is 1. The molecule has 0 heterocycles. The fourth-order valence-corrected chi connectivity index (χ4v) is 1.53. The average Bonchev–Trinajstić information content (AvgIpc) is 2.36. The van der Waals surface area contributed by atoms with Gasteiger partial charge in [-0.05, 0) is 18.9 Å². The van der Waals surface area contributed by atoms with E-state index in [0.717, 1.165) is 11.1 Å². The van der Waals surface area contributed by atoms with Gasteiger partial charge in [0.1, 0.15) is 0 Å². The molecule has 4 N–H and O–H groups in total. The lowest BCUT2D eigenvalue weighted by Gasteiger charge is -2.09. The van der Waals surface area contributed by atoms with Gasteiger partial charge < -0.3 is 20.8 Å². The van der Waals surface area contributed by atoms with Crippen LogP contribution in [0.1, 0.15) is 11.1 Å². The minimum Gasteiger partial charge on any atom is -0.479 e. The van der Waals surface area contributed by atoms with Crippen molar-refractivity contribution in [1.29, 1.82) is 0 Å². The number of nitrogens with one attached hydrogen (secondary N) is 2. The number of aliphatic hydroxyl groups excluding tert-OH is 1. The first-order chi connectivity index (χ1) is 8.99. The largest absolute Gasteiger partial charge is 0.479 e. The van der Waals surface area contributed by atoms with Crippen LogP contribution in [-0.2, 0) is 11.2 Å². The summed E-state index contributed by atoms with van der Waals surface area (Å²) in [6, 6.07) is 7.47. The van der Waals surface area contributed by atoms with E-state index in [1.54, 1.807) is 0 Å². The van der Waals surface area contributed by atoms with Crippen LogP contribution in [-0.4, -0.2) is 41.4 Å². The van der Waals surface area contributed by atoms with E-state index in [2.05, 4.69) is 10.6 Å². The van der Waals surface area contributed by atoms with Gasteiger partial charge in [0, 0.05) is 6.54 Å². The van der Waals surface area contributed by atoms with E-state index in [4.69, 9.17) is 10.2 Å². The second-order valence-electron chi connectivity index (χ2n) is 4.23. The van der Waals surface area contributed by atoms with Gasteiger partial charge in [0.2, 0.25) is 0 Å². The molecule has 0 spiro atoms. The summed E-state index contributed by atoms with van der Waals surface area (Å²) < 4.78 is 0. The van der Waals surface area contributed by atoms with Crippen molar-refractivity contribution in [3.05, 3.63) is 35.4 Å². The Bertz CT molecular complexity index is 448. The molecule has 1 aromatic rings. The number of aryl methyl sites for hydroxylation is 1. The molecule has 104 valence electrons. The Kier molecular flexibility index (Phi) is 5.81. The SMILES string of the molecule is Cc1cccc(CCNC(=O)NC[C@H](O)C(=O)O)c1. The van der Waals surface area contributed by atoms with E-state index >= 15 is 0 Å². The zero-order valence-electron chi connectivity index (χ0n) is 10.7. The number of urea groups is 1. The molecule has 0 aliphatic carbocycles. The van der Waals surface area contributed by atoms with Crippen LogP contribution in [0.25, 0.3) is 0 Å². The van der Waals surface area contributed by atoms with Gasteiger partial charge >= 0.3 is 12.0 Å². The lowest BCUT2D eigenvalue weighted by Crippen LogP contribution is -2.42. The summed E-state index contributed by atoms with van der Waals surface area (Å²) in [6.45, 7) is 2.13. The monoisotopic (exact) mass is 266 g/mol. The summed E-state index contributed by atoms with van der Waals surface area (Å²) >= 11 is 0. The van der Waals surface area contributed by atoms with Crippen molar-refractivity contribution >= 4 is 12.0 Å². The predicted molar refractivity (Wildman–Crippen MR) is 69.9 cm³/mol. The zero-order valence-corrected chi connectivity index (χ0v) is 10.7. The number of aliphatic hydroxyl groups is 1. The van der Waals surface area contributed by atoms with Gasteiger partial charge in [-0.25, -0.2) is 9.59 Å². The summed E-state index contributed by atoms with van der Waals surface area (Å²) in [6.07, 6.45) is -0.890. The number of carboxylic acids is 1. The summed E-state index contributed by atoms with van der Waals surface area (Å²) in [5, 5.41) is 22.3. The van der Waals surface area contributed by atoms with E-state index < -0.39 is 18.1 Å². The molecule has 0 saturated carbocycles. The Hall–Kier alpha value is -2.08. The van der Waals surface area contributed by atoms with Crippen LogP contribution < -0.4 is 10.6 Å². The molecule has 2 amide bonds. The van der Waals surface area contributed by atoms with Crippen LogP contribution in [0.5, 0.6) is 0 Å². The second-order valence-corrected chi connectivity index (χ2v) is 4.23. The highest BCUT2D eigenvalue weighted by molar-refractivity contribution is 5.76. The number of benzene rings is 1. The smallest absolute Gasteiger partial charge is 0.334 e. The summed E-state index contributed by atoms with van der Waals surface area (Å²) in [5.74, 6) is -1.36. The Morgan fingerprint density at radius 3 is 2.68 bits per heavy atom. The van der Waals surface area contributed by atoms with Crippen molar-refractivity contribution in [2.75, 3.05) is 13.1 Å². The molecule has 6 nitrogen and oxygen atoms in total. The Labute approximate surface area is 111 Å². The Morgan fingerprint density at radius 2 is 2.05 bits per heavy atom. The molecule has 0 saturated heterocycles. The summed E-state index contributed by atoms with van der Waals surface area (Å²) in [7, 11) is 0. The molecule has 0 bridgehead atoms. The normalized spacial score (nSPS) is 11.7. The van der Waals surface area contributed by atoms with Crippen LogP contribution in [0, 0.1) is 6.92 Å². The molecule has 6 heteroatoms. The third kappa shape index (κ3) is 5.87. The van der Waals surface area contributed by atoms with Gasteiger partial charge in [-0.1, -0.05) is 29.8 Å². The molecule has 0 radical (unpaired) electrons. The van der Waals surface area contributed by atoms with Crippen LogP contribution >= 0.6 is 0 Å². The maximum absolute atomic E-state index is 11.3. The van der Waals surface area contributed by atoms with Gasteiger partial charge in [-0.15, -0.1) is 0 Å². The molecule has 0 aliphatic rings. The first-order valence-corrected chi connectivity index (χ1v) is 5.97. The van der Waals surface area contributed by atoms with Crippen LogP contribution in [0.4, 0.5) is 4.79 Å². The van der Waals surface area contributed by atoms with Gasteiger partial charge in [-0.3, -0.25) is 0 Å². The molecular weight excluding hydrogens is 248 g/mol. The van der Waals surface area contributed by atoms with Crippen molar-refractivity contribution < 1.29 is 19.8 Å². The fourth-order valence-electron chi connectivity index (χ4n) is 1.53. The highest BCUT2D eigenvalue weighted by Gasteiger charge is 2.13. The van der Waals surface area contributed by atoms with Gasteiger partial charge in [0.05, 0.1) is 6.54 Å². The maximum atomic E-state index is 11.3. The number of hydrogen-bond acceptors (Lipinski definition) is 3. The standard InChI is InChI=1S/C13H18N2O4/c1-9-3-2-4-10(7-9)5-6-14-13(19)15-8-11(16)12(17)18/h2-4,7,11,16H,5-6,8H2,1H3,(H,17,18)(H2,14,15,19)/t11-/m0/s1. The predicted octanol–water partition coefficient (Wildman–Crippen LogP) is 0.282. The van der Waals surface area contributed by atoms with Crippen molar-refractivity contribution in [2.24, 2.45) is 0 Å². The molecule has 0 aromatic heterocycles. The van der Waals surface area contributed by atoms with Gasteiger partial charge in [-0.2, -0.15) is 0 Å². The summed E-state index contributed by atoms with van der Waals surface area (Å²) in [5.41, 5.74) is 2.28. The lowest BCUT2D eigenvalue weighted by atomic mass is 10.1. The second kappa shape index (κ2) is 7.38. The average molecular weight is 266 g/mol. The summed E-state index contributed by atoms with van der Waals surface area (Å²) in [4.78, 5) is 21.6. The van der Waals surface area contributed by atoms with E-state index in [0.29, 0.717) is 13.0 Å². The highest BCUT2D eigenvalue weighted by Crippen LogP contribution is 2.03. The molecule has 0 aliphatic heterocycles. The van der Waals surface area contributed by atoms with Gasteiger partial charge in [0.15, 0.2) is 6.10 Å². The molecular formula is C13H18N2O4. The maximum Gasteiger partial charge on any atom is 0.334 e. The third-order valence-corrected chi connectivity index (χ3v) is 2.52. The Balaban J connectivity index is 2.22. The van der Waals surface area contributed by atoms with Crippen LogP contribution in [0.3, 0.4) is 0 Å². The Morgan fingerprint density at radius 1 is 1.32 bits per heavy atom. The number of carboxylic acid groups (broad SMARTS) is 1. The van der Waals surface area contributed by atoms with E-state index in [1.807, 2.05) is 31.2 Å².